The molecule has 1 N–H and O–H groups in total. The Balaban J connectivity index is 2.42. The van der Waals surface area contributed by atoms with Gasteiger partial charge in [-0.25, -0.2) is 9.97 Å². The van der Waals surface area contributed by atoms with Crippen LogP contribution < -0.4 is 0 Å². The first-order chi connectivity index (χ1) is 6.81. The number of aryl methyl sites for hydroxylation is 1. The van der Waals surface area contributed by atoms with E-state index >= 15 is 0 Å². The summed E-state index contributed by atoms with van der Waals surface area (Å²) in [5, 5.41) is 10.8. The second kappa shape index (κ2) is 4.25. The van der Waals surface area contributed by atoms with Crippen molar-refractivity contribution in [3.05, 3.63) is 17.3 Å². The molecule has 5 heteroatoms. The van der Waals surface area contributed by atoms with Crippen molar-refractivity contribution in [3.8, 4) is 0 Å². The van der Waals surface area contributed by atoms with E-state index in [4.69, 9.17) is 5.11 Å². The van der Waals surface area contributed by atoms with Crippen LogP contribution >= 0.6 is 23.1 Å². The van der Waals surface area contributed by atoms with Crippen molar-refractivity contribution in [2.45, 2.75) is 11.9 Å². The molecule has 0 aromatic carbocycles. The monoisotopic (exact) mass is 226 g/mol. The van der Waals surface area contributed by atoms with Crippen LogP contribution in [0.15, 0.2) is 17.4 Å². The van der Waals surface area contributed by atoms with Gasteiger partial charge in [0.05, 0.1) is 6.61 Å². The third-order valence-corrected chi connectivity index (χ3v) is 3.69. The largest absolute Gasteiger partial charge is 0.396 e. The Morgan fingerprint density at radius 2 is 2.36 bits per heavy atom. The number of aliphatic hydroxyl groups excluding tert-OH is 1. The van der Waals surface area contributed by atoms with Gasteiger partial charge in [-0.15, -0.1) is 23.1 Å². The molecule has 0 spiro atoms. The first-order valence-electron chi connectivity index (χ1n) is 4.26. The second-order valence-corrected chi connectivity index (χ2v) is 5.15. The van der Waals surface area contributed by atoms with Gasteiger partial charge in [0.15, 0.2) is 0 Å². The maximum absolute atomic E-state index is 8.74. The van der Waals surface area contributed by atoms with E-state index in [0.29, 0.717) is 5.75 Å². The number of fused-ring (bicyclic) bond motifs is 1. The number of nitrogens with zero attached hydrogens (tertiary/aromatic N) is 2. The quantitative estimate of drug-likeness (QED) is 0.643. The molecule has 74 valence electrons. The van der Waals surface area contributed by atoms with Gasteiger partial charge in [-0.3, -0.25) is 0 Å². The van der Waals surface area contributed by atoms with E-state index < -0.39 is 0 Å². The molecule has 2 aromatic heterocycles. The van der Waals surface area contributed by atoms with Crippen LogP contribution in [0.3, 0.4) is 0 Å². The first-order valence-corrected chi connectivity index (χ1v) is 6.06. The number of thioether (sulfide) groups is 1. The summed E-state index contributed by atoms with van der Waals surface area (Å²) in [6.07, 6.45) is 1.58. The van der Waals surface area contributed by atoms with E-state index in [9.17, 15) is 0 Å². The third-order valence-electron chi connectivity index (χ3n) is 1.75. The fourth-order valence-electron chi connectivity index (χ4n) is 1.21. The second-order valence-electron chi connectivity index (χ2n) is 2.83. The Kier molecular flexibility index (Phi) is 3.00. The molecule has 0 amide bonds. The van der Waals surface area contributed by atoms with Gasteiger partial charge >= 0.3 is 0 Å². The highest BCUT2D eigenvalue weighted by Gasteiger charge is 2.06. The Hall–Kier alpha value is -0.650. The minimum absolute atomic E-state index is 0.180. The van der Waals surface area contributed by atoms with Crippen molar-refractivity contribution in [1.82, 2.24) is 9.97 Å². The molecule has 0 aliphatic heterocycles. The van der Waals surface area contributed by atoms with E-state index in [1.165, 1.54) is 4.88 Å². The van der Waals surface area contributed by atoms with Gasteiger partial charge < -0.3 is 5.11 Å². The van der Waals surface area contributed by atoms with E-state index in [2.05, 4.69) is 23.0 Å². The molecule has 2 heterocycles. The SMILES string of the molecule is Cc1cc2c(SCCO)ncnc2s1. The lowest BCUT2D eigenvalue weighted by Gasteiger charge is -1.98. The number of hydrogen-bond acceptors (Lipinski definition) is 5. The predicted molar refractivity (Wildman–Crippen MR) is 60.0 cm³/mol. The first kappa shape index (κ1) is 9.89. The molecule has 0 saturated heterocycles. The molecule has 2 rings (SSSR count). The average molecular weight is 226 g/mol. The summed E-state index contributed by atoms with van der Waals surface area (Å²) >= 11 is 3.24. The minimum atomic E-state index is 0.180. The molecule has 0 unspecified atom stereocenters. The summed E-state index contributed by atoms with van der Waals surface area (Å²) in [4.78, 5) is 10.7. The van der Waals surface area contributed by atoms with Crippen molar-refractivity contribution in [2.75, 3.05) is 12.4 Å². The zero-order chi connectivity index (χ0) is 9.97. The van der Waals surface area contributed by atoms with Crippen molar-refractivity contribution in [1.29, 1.82) is 0 Å². The van der Waals surface area contributed by atoms with E-state index in [-0.39, 0.29) is 6.61 Å². The lowest BCUT2D eigenvalue weighted by molar-refractivity contribution is 0.322. The van der Waals surface area contributed by atoms with Gasteiger partial charge in [0.2, 0.25) is 0 Å². The standard InChI is InChI=1S/C9H10N2OS2/c1-6-4-7-8(13-3-2-12)10-5-11-9(7)14-6/h4-5,12H,2-3H2,1H3. The Labute approximate surface area is 90.2 Å². The van der Waals surface area contributed by atoms with Crippen LogP contribution in [0, 0.1) is 6.92 Å². The number of thiophene rings is 1. The van der Waals surface area contributed by atoms with Crippen LogP contribution in [0.5, 0.6) is 0 Å². The average Bonchev–Trinajstić information content (AvgIpc) is 2.55. The maximum Gasteiger partial charge on any atom is 0.128 e. The van der Waals surface area contributed by atoms with Crippen molar-refractivity contribution < 1.29 is 5.11 Å². The summed E-state index contributed by atoms with van der Waals surface area (Å²) in [5.74, 6) is 0.682. The molecule has 0 aliphatic carbocycles. The van der Waals surface area contributed by atoms with E-state index in [0.717, 1.165) is 15.2 Å². The summed E-state index contributed by atoms with van der Waals surface area (Å²) in [5.41, 5.74) is 0. The molecule has 0 bridgehead atoms. The third kappa shape index (κ3) is 1.89. The van der Waals surface area contributed by atoms with Crippen LogP contribution in [-0.2, 0) is 0 Å². The predicted octanol–water partition coefficient (Wildman–Crippen LogP) is 2.08. The maximum atomic E-state index is 8.74. The molecule has 0 atom stereocenters. The smallest absolute Gasteiger partial charge is 0.128 e. The normalized spacial score (nSPS) is 11.0. The van der Waals surface area contributed by atoms with Crippen LogP contribution in [0.2, 0.25) is 0 Å². The number of hydrogen-bond donors (Lipinski definition) is 1. The van der Waals surface area contributed by atoms with Crippen molar-refractivity contribution in [2.24, 2.45) is 0 Å². The highest BCUT2D eigenvalue weighted by atomic mass is 32.2. The fraction of sp³-hybridized carbons (Fsp3) is 0.333. The molecule has 0 radical (unpaired) electrons. The molecular formula is C9H10N2OS2. The highest BCUT2D eigenvalue weighted by Crippen LogP contribution is 2.29. The zero-order valence-corrected chi connectivity index (χ0v) is 9.36. The molecule has 0 saturated carbocycles. The lowest BCUT2D eigenvalue weighted by Crippen LogP contribution is -1.88. The van der Waals surface area contributed by atoms with Crippen LogP contribution in [-0.4, -0.2) is 27.4 Å². The van der Waals surface area contributed by atoms with E-state index in [1.54, 1.807) is 29.4 Å². The molecule has 3 nitrogen and oxygen atoms in total. The van der Waals surface area contributed by atoms with Gasteiger partial charge in [0, 0.05) is 16.0 Å². The van der Waals surface area contributed by atoms with Crippen LogP contribution in [0.4, 0.5) is 0 Å². The highest BCUT2D eigenvalue weighted by molar-refractivity contribution is 7.99. The Morgan fingerprint density at radius 1 is 1.50 bits per heavy atom. The Morgan fingerprint density at radius 3 is 3.14 bits per heavy atom. The summed E-state index contributed by atoms with van der Waals surface area (Å²) in [6.45, 7) is 2.24. The van der Waals surface area contributed by atoms with Crippen LogP contribution in [0.1, 0.15) is 4.88 Å². The molecule has 0 fully saturated rings. The van der Waals surface area contributed by atoms with Crippen molar-refractivity contribution >= 4 is 33.3 Å². The van der Waals surface area contributed by atoms with Crippen molar-refractivity contribution in [3.63, 3.8) is 0 Å². The zero-order valence-electron chi connectivity index (χ0n) is 7.73. The number of rotatable bonds is 3. The summed E-state index contributed by atoms with van der Waals surface area (Å²) in [7, 11) is 0. The molecule has 2 aromatic rings. The van der Waals surface area contributed by atoms with Gasteiger partial charge in [-0.05, 0) is 13.0 Å². The van der Waals surface area contributed by atoms with E-state index in [1.807, 2.05) is 0 Å². The lowest BCUT2D eigenvalue weighted by atomic mass is 10.4. The number of aromatic nitrogens is 2. The minimum Gasteiger partial charge on any atom is -0.396 e. The Bertz CT molecular complexity index is 441. The van der Waals surface area contributed by atoms with Gasteiger partial charge in [-0.2, -0.15) is 0 Å². The van der Waals surface area contributed by atoms with Gasteiger partial charge in [0.25, 0.3) is 0 Å². The fourth-order valence-corrected chi connectivity index (χ4v) is 2.84. The molecule has 14 heavy (non-hydrogen) atoms. The number of aliphatic hydroxyl groups is 1. The van der Waals surface area contributed by atoms with Crippen LogP contribution in [0.25, 0.3) is 10.2 Å². The summed E-state index contributed by atoms with van der Waals surface area (Å²) < 4.78 is 0. The van der Waals surface area contributed by atoms with Gasteiger partial charge in [0.1, 0.15) is 16.2 Å². The summed E-state index contributed by atoms with van der Waals surface area (Å²) in [6, 6.07) is 2.10. The topological polar surface area (TPSA) is 46.0 Å². The molecule has 0 aliphatic rings. The molecular weight excluding hydrogens is 216 g/mol. The van der Waals surface area contributed by atoms with Gasteiger partial charge in [-0.1, -0.05) is 0 Å².